The maximum atomic E-state index is 14.0. The number of rotatable bonds is 10. The quantitative estimate of drug-likeness (QED) is 0.408. The van der Waals surface area contributed by atoms with E-state index in [0.29, 0.717) is 11.3 Å². The first kappa shape index (κ1) is 30.8. The minimum Gasteiger partial charge on any atom is -0.444 e. The van der Waals surface area contributed by atoms with Gasteiger partial charge in [0.05, 0.1) is 6.61 Å². The van der Waals surface area contributed by atoms with Crippen LogP contribution in [0.5, 0.6) is 0 Å². The minimum absolute atomic E-state index is 0.0988. The second kappa shape index (κ2) is 13.4. The normalized spacial score (nSPS) is 13.0. The van der Waals surface area contributed by atoms with Crippen molar-refractivity contribution < 1.29 is 24.2 Å². The number of alkyl carbamates (subject to hydrolysis) is 1. The van der Waals surface area contributed by atoms with Gasteiger partial charge in [-0.3, -0.25) is 9.59 Å². The third kappa shape index (κ3) is 8.31. The van der Waals surface area contributed by atoms with Gasteiger partial charge in [-0.05, 0) is 69.2 Å². The van der Waals surface area contributed by atoms with Crippen molar-refractivity contribution in [2.24, 2.45) is 5.92 Å². The average Bonchev–Trinajstić information content (AvgIpc) is 2.83. The number of amides is 3. The third-order valence-electron chi connectivity index (χ3n) is 6.22. The maximum absolute atomic E-state index is 14.0. The van der Waals surface area contributed by atoms with E-state index >= 15 is 0 Å². The minimum atomic E-state index is -1.04. The van der Waals surface area contributed by atoms with Gasteiger partial charge in [-0.1, -0.05) is 63.2 Å². The Morgan fingerprint density at radius 3 is 2.05 bits per heavy atom. The summed E-state index contributed by atoms with van der Waals surface area (Å²) in [7, 11) is 0. The van der Waals surface area contributed by atoms with E-state index in [9.17, 15) is 19.5 Å². The van der Waals surface area contributed by atoms with E-state index in [0.717, 1.165) is 23.1 Å². The monoisotopic (exact) mass is 525 g/mol. The Balaban J connectivity index is 2.53. The third-order valence-corrected chi connectivity index (χ3v) is 6.22. The van der Waals surface area contributed by atoms with Crippen molar-refractivity contribution >= 4 is 23.6 Å². The summed E-state index contributed by atoms with van der Waals surface area (Å²) in [6.07, 6.45) is 0.103. The van der Waals surface area contributed by atoms with E-state index in [1.54, 1.807) is 34.6 Å². The van der Waals surface area contributed by atoms with Crippen molar-refractivity contribution in [2.45, 2.75) is 79.5 Å². The largest absolute Gasteiger partial charge is 0.444 e. The van der Waals surface area contributed by atoms with Crippen molar-refractivity contribution in [2.75, 3.05) is 18.5 Å². The number of hydrogen-bond acceptors (Lipinski definition) is 5. The van der Waals surface area contributed by atoms with Crippen molar-refractivity contribution in [3.63, 3.8) is 0 Å². The van der Waals surface area contributed by atoms with E-state index in [1.807, 2.05) is 63.2 Å². The fourth-order valence-electron chi connectivity index (χ4n) is 4.21. The van der Waals surface area contributed by atoms with Crippen LogP contribution in [0.15, 0.2) is 42.5 Å². The van der Waals surface area contributed by atoms with Crippen molar-refractivity contribution in [3.8, 4) is 0 Å². The standard InChI is InChI=1S/C30H43N3O5/c1-9-22-13-15-23(16-14-22)26(27(35)31-25-20(4)11-10-12-21(25)5)33(17-18-34)28(36)24(19(2)3)32-29(37)38-30(6,7)8/h10-16,19,24,26,34H,9,17-18H2,1-8H3,(H,31,35)(H,32,37). The Bertz CT molecular complexity index is 1090. The van der Waals surface area contributed by atoms with Crippen LogP contribution in [-0.4, -0.2) is 52.7 Å². The summed E-state index contributed by atoms with van der Waals surface area (Å²) in [5.41, 5.74) is 3.42. The van der Waals surface area contributed by atoms with Crippen molar-refractivity contribution in [1.29, 1.82) is 0 Å². The Hall–Kier alpha value is -3.39. The van der Waals surface area contributed by atoms with Gasteiger partial charge < -0.3 is 25.4 Å². The number of anilines is 1. The molecule has 0 fully saturated rings. The zero-order valence-corrected chi connectivity index (χ0v) is 23.9. The van der Waals surface area contributed by atoms with Gasteiger partial charge in [-0.25, -0.2) is 4.79 Å². The fourth-order valence-corrected chi connectivity index (χ4v) is 4.21. The van der Waals surface area contributed by atoms with Crippen LogP contribution in [0.4, 0.5) is 10.5 Å². The molecule has 2 aromatic rings. The number of aryl methyl sites for hydroxylation is 3. The Labute approximate surface area is 226 Å². The zero-order valence-electron chi connectivity index (χ0n) is 23.9. The summed E-state index contributed by atoms with van der Waals surface area (Å²) in [4.78, 5) is 41.8. The molecule has 3 amide bonds. The lowest BCUT2D eigenvalue weighted by atomic mass is 9.97. The first-order valence-electron chi connectivity index (χ1n) is 13.2. The number of ether oxygens (including phenoxy) is 1. The van der Waals surface area contributed by atoms with Gasteiger partial charge in [0.1, 0.15) is 17.7 Å². The highest BCUT2D eigenvalue weighted by Gasteiger charge is 2.37. The van der Waals surface area contributed by atoms with Gasteiger partial charge in [-0.15, -0.1) is 0 Å². The van der Waals surface area contributed by atoms with Gasteiger partial charge in [0, 0.05) is 12.2 Å². The highest BCUT2D eigenvalue weighted by atomic mass is 16.6. The maximum Gasteiger partial charge on any atom is 0.408 e. The molecular formula is C30H43N3O5. The van der Waals surface area contributed by atoms with Gasteiger partial charge in [0.15, 0.2) is 0 Å². The highest BCUT2D eigenvalue weighted by molar-refractivity contribution is 6.00. The van der Waals surface area contributed by atoms with Crippen LogP contribution < -0.4 is 10.6 Å². The molecule has 2 rings (SSSR count). The number of carbonyl (C=O) groups is 3. The molecule has 0 spiro atoms. The molecule has 0 saturated heterocycles. The summed E-state index contributed by atoms with van der Waals surface area (Å²) < 4.78 is 5.38. The summed E-state index contributed by atoms with van der Waals surface area (Å²) in [5.74, 6) is -1.20. The van der Waals surface area contributed by atoms with E-state index in [-0.39, 0.29) is 19.1 Å². The number of aliphatic hydroxyl groups excluding tert-OH is 1. The smallest absolute Gasteiger partial charge is 0.408 e. The number of carbonyl (C=O) groups excluding carboxylic acids is 3. The van der Waals surface area contributed by atoms with E-state index in [2.05, 4.69) is 10.6 Å². The fraction of sp³-hybridized carbons (Fsp3) is 0.500. The van der Waals surface area contributed by atoms with Gasteiger partial charge in [-0.2, -0.15) is 0 Å². The Morgan fingerprint density at radius 1 is 1.00 bits per heavy atom. The number of aliphatic hydroxyl groups is 1. The molecule has 2 unspecified atom stereocenters. The first-order valence-corrected chi connectivity index (χ1v) is 13.2. The molecule has 0 saturated carbocycles. The lowest BCUT2D eigenvalue weighted by Gasteiger charge is -2.35. The average molecular weight is 526 g/mol. The predicted molar refractivity (Wildman–Crippen MR) is 150 cm³/mol. The van der Waals surface area contributed by atoms with Crippen LogP contribution in [0.2, 0.25) is 0 Å². The molecule has 0 aliphatic heterocycles. The SMILES string of the molecule is CCc1ccc(C(C(=O)Nc2c(C)cccc2C)N(CCO)C(=O)C(NC(=O)OC(C)(C)C)C(C)C)cc1. The molecule has 0 aliphatic carbocycles. The number of benzene rings is 2. The van der Waals surface area contributed by atoms with Gasteiger partial charge >= 0.3 is 6.09 Å². The lowest BCUT2D eigenvalue weighted by molar-refractivity contribution is -0.142. The van der Waals surface area contributed by atoms with Crippen LogP contribution in [0.25, 0.3) is 0 Å². The molecule has 2 atom stereocenters. The number of para-hydroxylation sites is 1. The number of nitrogens with zero attached hydrogens (tertiary/aromatic N) is 1. The first-order chi connectivity index (χ1) is 17.8. The molecular weight excluding hydrogens is 482 g/mol. The second-order valence-corrected chi connectivity index (χ2v) is 10.9. The molecule has 2 aromatic carbocycles. The molecule has 8 nitrogen and oxygen atoms in total. The highest BCUT2D eigenvalue weighted by Crippen LogP contribution is 2.28. The zero-order chi connectivity index (χ0) is 28.6. The summed E-state index contributed by atoms with van der Waals surface area (Å²) in [6.45, 7) is 14.2. The summed E-state index contributed by atoms with van der Waals surface area (Å²) in [6, 6.07) is 11.2. The molecule has 0 radical (unpaired) electrons. The molecule has 0 aromatic heterocycles. The van der Waals surface area contributed by atoms with E-state index in [1.165, 1.54) is 4.90 Å². The second-order valence-electron chi connectivity index (χ2n) is 10.9. The molecule has 8 heteroatoms. The molecule has 0 aliphatic rings. The predicted octanol–water partition coefficient (Wildman–Crippen LogP) is 4.92. The van der Waals surface area contributed by atoms with Crippen molar-refractivity contribution in [3.05, 3.63) is 64.7 Å². The van der Waals surface area contributed by atoms with Crippen LogP contribution in [0, 0.1) is 19.8 Å². The van der Waals surface area contributed by atoms with Crippen LogP contribution in [-0.2, 0) is 20.7 Å². The topological polar surface area (TPSA) is 108 Å². The summed E-state index contributed by atoms with van der Waals surface area (Å²) >= 11 is 0. The van der Waals surface area contributed by atoms with Gasteiger partial charge in [0.2, 0.25) is 5.91 Å². The number of nitrogens with one attached hydrogen (secondary N) is 2. The molecule has 3 N–H and O–H groups in total. The van der Waals surface area contributed by atoms with Crippen molar-refractivity contribution in [1.82, 2.24) is 10.2 Å². The molecule has 208 valence electrons. The lowest BCUT2D eigenvalue weighted by Crippen LogP contribution is -2.55. The van der Waals surface area contributed by atoms with Crippen LogP contribution >= 0.6 is 0 Å². The Kier molecular flexibility index (Phi) is 10.9. The molecule has 0 heterocycles. The van der Waals surface area contributed by atoms with E-state index in [4.69, 9.17) is 4.74 Å². The molecule has 38 heavy (non-hydrogen) atoms. The van der Waals surface area contributed by atoms with E-state index < -0.39 is 35.6 Å². The Morgan fingerprint density at radius 2 is 1.58 bits per heavy atom. The molecule has 0 bridgehead atoms. The number of hydrogen-bond donors (Lipinski definition) is 3. The van der Waals surface area contributed by atoms with Crippen LogP contribution in [0.1, 0.15) is 69.8 Å². The summed E-state index contributed by atoms with van der Waals surface area (Å²) in [5, 5.41) is 15.6. The van der Waals surface area contributed by atoms with Gasteiger partial charge in [0.25, 0.3) is 5.91 Å². The van der Waals surface area contributed by atoms with Crippen LogP contribution in [0.3, 0.4) is 0 Å².